The minimum absolute atomic E-state index is 0. The number of guanidine groups is 1. The topological polar surface area (TPSA) is 73.3 Å². The predicted octanol–water partition coefficient (Wildman–Crippen LogP) is 2.71. The lowest BCUT2D eigenvalue weighted by atomic mass is 9.96. The minimum atomic E-state index is 0. The number of fused-ring (bicyclic) bond motifs is 2. The highest BCUT2D eigenvalue weighted by Gasteiger charge is 2.41. The van der Waals surface area contributed by atoms with Crippen LogP contribution >= 0.6 is 24.0 Å². The number of hydrogen-bond acceptors (Lipinski definition) is 5. The molecule has 1 aromatic rings. The molecule has 3 rings (SSSR count). The Bertz CT molecular complexity index is 631. The van der Waals surface area contributed by atoms with E-state index in [4.69, 9.17) is 23.9 Å². The monoisotopic (exact) mass is 491 g/mol. The summed E-state index contributed by atoms with van der Waals surface area (Å²) in [5.74, 6) is 2.67. The zero-order chi connectivity index (χ0) is 18.5. The van der Waals surface area contributed by atoms with Gasteiger partial charge < -0.3 is 29.6 Å². The normalized spacial score (nSPS) is 23.6. The molecule has 0 amide bonds. The summed E-state index contributed by atoms with van der Waals surface area (Å²) in [6, 6.07) is 4.19. The van der Waals surface area contributed by atoms with Gasteiger partial charge in [-0.25, -0.2) is 4.99 Å². The summed E-state index contributed by atoms with van der Waals surface area (Å²) in [4.78, 5) is 4.72. The summed E-state index contributed by atoms with van der Waals surface area (Å²) < 4.78 is 22.1. The van der Waals surface area contributed by atoms with Crippen molar-refractivity contribution >= 4 is 29.9 Å². The summed E-state index contributed by atoms with van der Waals surface area (Å²) in [5.41, 5.74) is 0.987. The highest BCUT2D eigenvalue weighted by atomic mass is 127. The van der Waals surface area contributed by atoms with Gasteiger partial charge in [0.2, 0.25) is 5.75 Å². The van der Waals surface area contributed by atoms with Gasteiger partial charge >= 0.3 is 0 Å². The number of nitrogens with one attached hydrogen (secondary N) is 2. The van der Waals surface area contributed by atoms with Gasteiger partial charge in [-0.1, -0.05) is 0 Å². The van der Waals surface area contributed by atoms with Crippen LogP contribution in [-0.4, -0.2) is 52.1 Å². The fourth-order valence-corrected chi connectivity index (χ4v) is 3.68. The van der Waals surface area contributed by atoms with Crippen molar-refractivity contribution < 1.29 is 18.9 Å². The number of rotatable bonds is 7. The third-order valence-electron chi connectivity index (χ3n) is 4.92. The van der Waals surface area contributed by atoms with Crippen LogP contribution in [0.3, 0.4) is 0 Å². The van der Waals surface area contributed by atoms with Gasteiger partial charge in [0.25, 0.3) is 0 Å². The zero-order valence-corrected chi connectivity index (χ0v) is 18.7. The second-order valence-corrected chi connectivity index (χ2v) is 6.59. The van der Waals surface area contributed by atoms with E-state index < -0.39 is 0 Å². The van der Waals surface area contributed by atoms with Crippen LogP contribution < -0.4 is 24.8 Å². The number of methoxy groups -OCH3 is 3. The number of aliphatic imine (C=N–C) groups is 1. The molecule has 8 heteroatoms. The van der Waals surface area contributed by atoms with Crippen LogP contribution in [0.15, 0.2) is 17.1 Å². The first-order valence-corrected chi connectivity index (χ1v) is 9.17. The van der Waals surface area contributed by atoms with Crippen LogP contribution in [0.2, 0.25) is 0 Å². The average molecular weight is 491 g/mol. The van der Waals surface area contributed by atoms with Crippen LogP contribution in [0.25, 0.3) is 0 Å². The second-order valence-electron chi connectivity index (χ2n) is 6.59. The Kier molecular flexibility index (Phi) is 8.28. The molecular formula is C19H30IN3O4. The van der Waals surface area contributed by atoms with Crippen LogP contribution in [0, 0.1) is 0 Å². The molecule has 1 aromatic carbocycles. The largest absolute Gasteiger partial charge is 0.493 e. The first kappa shape index (κ1) is 21.9. The molecule has 2 heterocycles. The molecule has 0 radical (unpaired) electrons. The summed E-state index contributed by atoms with van der Waals surface area (Å²) in [7, 11) is 4.83. The summed E-state index contributed by atoms with van der Waals surface area (Å²) in [6.45, 7) is 3.38. The van der Waals surface area contributed by atoms with Gasteiger partial charge in [-0.15, -0.1) is 24.0 Å². The van der Waals surface area contributed by atoms with E-state index in [0.29, 0.717) is 42.0 Å². The zero-order valence-electron chi connectivity index (χ0n) is 16.4. The standard InChI is InChI=1S/C19H29N3O4.HI/c1-5-20-19(22-14-10-13-6-7-15(14)26-13)21-11-12-8-16(23-2)18(25-4)17(9-12)24-3;/h8-9,13-15H,5-7,10-11H2,1-4H3,(H2,20,21,22);1H. The van der Waals surface area contributed by atoms with E-state index in [0.717, 1.165) is 30.9 Å². The Labute approximate surface area is 178 Å². The quantitative estimate of drug-likeness (QED) is 0.347. The number of benzene rings is 1. The lowest BCUT2D eigenvalue weighted by Gasteiger charge is -2.22. The first-order chi connectivity index (χ1) is 12.7. The lowest BCUT2D eigenvalue weighted by Crippen LogP contribution is -2.47. The van der Waals surface area contributed by atoms with E-state index in [1.807, 2.05) is 12.1 Å². The summed E-state index contributed by atoms with van der Waals surface area (Å²) in [5, 5.41) is 6.84. The smallest absolute Gasteiger partial charge is 0.203 e. The van der Waals surface area contributed by atoms with Crippen molar-refractivity contribution in [3.8, 4) is 17.2 Å². The molecule has 0 saturated carbocycles. The maximum absolute atomic E-state index is 5.92. The van der Waals surface area contributed by atoms with Crippen LogP contribution in [0.5, 0.6) is 17.2 Å². The molecule has 2 aliphatic heterocycles. The Balaban J connectivity index is 0.00000261. The fourth-order valence-electron chi connectivity index (χ4n) is 3.68. The van der Waals surface area contributed by atoms with Crippen molar-refractivity contribution in [1.29, 1.82) is 0 Å². The Hall–Kier alpha value is -1.42. The van der Waals surface area contributed by atoms with E-state index in [2.05, 4.69) is 17.6 Å². The third kappa shape index (κ3) is 5.10. The van der Waals surface area contributed by atoms with Crippen molar-refractivity contribution in [2.24, 2.45) is 4.99 Å². The molecule has 0 aliphatic carbocycles. The Morgan fingerprint density at radius 1 is 1.15 bits per heavy atom. The van der Waals surface area contributed by atoms with E-state index in [9.17, 15) is 0 Å². The van der Waals surface area contributed by atoms with Crippen LogP contribution in [0.1, 0.15) is 31.7 Å². The Morgan fingerprint density at radius 2 is 1.85 bits per heavy atom. The van der Waals surface area contributed by atoms with Gasteiger partial charge in [0.1, 0.15) is 0 Å². The lowest BCUT2D eigenvalue weighted by molar-refractivity contribution is 0.0992. The Morgan fingerprint density at radius 3 is 2.33 bits per heavy atom. The van der Waals surface area contributed by atoms with Gasteiger partial charge in [-0.3, -0.25) is 0 Å². The molecule has 3 unspecified atom stereocenters. The summed E-state index contributed by atoms with van der Waals surface area (Å²) in [6.07, 6.45) is 4.09. The molecule has 2 aliphatic rings. The van der Waals surface area contributed by atoms with Crippen LogP contribution in [0.4, 0.5) is 0 Å². The molecule has 27 heavy (non-hydrogen) atoms. The van der Waals surface area contributed by atoms with Crippen molar-refractivity contribution in [2.45, 2.75) is 51.0 Å². The molecule has 152 valence electrons. The SMILES string of the molecule is CCNC(=NCc1cc(OC)c(OC)c(OC)c1)NC1CC2CCC1O2.I. The van der Waals surface area contributed by atoms with Crippen LogP contribution in [-0.2, 0) is 11.3 Å². The van der Waals surface area contributed by atoms with Gasteiger partial charge in [0, 0.05) is 6.54 Å². The second kappa shape index (κ2) is 10.2. The van der Waals surface area contributed by atoms with E-state index in [1.165, 1.54) is 6.42 Å². The van der Waals surface area contributed by atoms with Gasteiger partial charge in [0.15, 0.2) is 17.5 Å². The maximum Gasteiger partial charge on any atom is 0.203 e. The van der Waals surface area contributed by atoms with Crippen molar-refractivity contribution in [3.05, 3.63) is 17.7 Å². The molecule has 0 aromatic heterocycles. The number of hydrogen-bond donors (Lipinski definition) is 2. The highest BCUT2D eigenvalue weighted by Crippen LogP contribution is 2.38. The third-order valence-corrected chi connectivity index (χ3v) is 4.92. The molecule has 3 atom stereocenters. The van der Waals surface area contributed by atoms with Crippen molar-refractivity contribution in [1.82, 2.24) is 10.6 Å². The molecule has 2 N–H and O–H groups in total. The number of nitrogens with zero attached hydrogens (tertiary/aromatic N) is 1. The van der Waals surface area contributed by atoms with Gasteiger partial charge in [-0.2, -0.15) is 0 Å². The molecular weight excluding hydrogens is 461 g/mol. The van der Waals surface area contributed by atoms with Crippen molar-refractivity contribution in [2.75, 3.05) is 27.9 Å². The van der Waals surface area contributed by atoms with Crippen molar-refractivity contribution in [3.63, 3.8) is 0 Å². The maximum atomic E-state index is 5.92. The number of ether oxygens (including phenoxy) is 4. The van der Waals surface area contributed by atoms with E-state index in [-0.39, 0.29) is 24.0 Å². The number of halogens is 1. The molecule has 0 spiro atoms. The predicted molar refractivity (Wildman–Crippen MR) is 116 cm³/mol. The fraction of sp³-hybridized carbons (Fsp3) is 0.632. The molecule has 7 nitrogen and oxygen atoms in total. The average Bonchev–Trinajstić information content (AvgIpc) is 3.28. The summed E-state index contributed by atoms with van der Waals surface area (Å²) >= 11 is 0. The molecule has 2 saturated heterocycles. The molecule has 2 bridgehead atoms. The van der Waals surface area contributed by atoms with Gasteiger partial charge in [-0.05, 0) is 43.9 Å². The molecule has 2 fully saturated rings. The van der Waals surface area contributed by atoms with E-state index >= 15 is 0 Å². The first-order valence-electron chi connectivity index (χ1n) is 9.17. The minimum Gasteiger partial charge on any atom is -0.493 e. The van der Waals surface area contributed by atoms with E-state index in [1.54, 1.807) is 21.3 Å². The van der Waals surface area contributed by atoms with Gasteiger partial charge in [0.05, 0.1) is 46.1 Å². The highest BCUT2D eigenvalue weighted by molar-refractivity contribution is 14.0.